The number of benzene rings is 6. The minimum absolute atomic E-state index is 0. The summed E-state index contributed by atoms with van der Waals surface area (Å²) >= 11 is 0. The Bertz CT molecular complexity index is 2330. The predicted octanol–water partition coefficient (Wildman–Crippen LogP) is 4.16. The van der Waals surface area contributed by atoms with E-state index < -0.39 is 0 Å². The summed E-state index contributed by atoms with van der Waals surface area (Å²) in [7, 11) is 4.08. The predicted molar refractivity (Wildman–Crippen MR) is 223 cm³/mol. The summed E-state index contributed by atoms with van der Waals surface area (Å²) in [6.45, 7) is 3.23. The Morgan fingerprint density at radius 2 is 0.881 bits per heavy atom. The molecule has 12 nitrogen and oxygen atoms in total. The number of aliphatic hydroxyl groups excluding tert-OH is 1. The van der Waals surface area contributed by atoms with Gasteiger partial charge < -0.3 is 19.7 Å². The number of para-hydroxylation sites is 2. The average Bonchev–Trinajstić information content (AvgIpc) is 3.97. The maximum atomic E-state index is 9.28. The van der Waals surface area contributed by atoms with Gasteiger partial charge in [0.25, 0.3) is 0 Å². The summed E-state index contributed by atoms with van der Waals surface area (Å²) in [6.07, 6.45) is 1.03. The van der Waals surface area contributed by atoms with Crippen molar-refractivity contribution in [2.24, 2.45) is 0 Å². The van der Waals surface area contributed by atoms with E-state index in [9.17, 15) is 5.11 Å². The molecule has 2 heterocycles. The first-order chi connectivity index (χ1) is 28.6. The van der Waals surface area contributed by atoms with Gasteiger partial charge in [-0.15, -0.1) is 10.2 Å². The van der Waals surface area contributed by atoms with Crippen molar-refractivity contribution in [3.05, 3.63) is 168 Å². The summed E-state index contributed by atoms with van der Waals surface area (Å²) < 4.78 is 14.5. The molecule has 59 heavy (non-hydrogen) atoms. The van der Waals surface area contributed by atoms with Crippen molar-refractivity contribution in [2.45, 2.75) is 33.0 Å². The minimum Gasteiger partial charge on any atom is -0.857 e. The Hall–Kier alpha value is -6.02. The minimum atomic E-state index is 0. The van der Waals surface area contributed by atoms with Crippen LogP contribution in [0.1, 0.15) is 29.2 Å². The van der Waals surface area contributed by atoms with Crippen LogP contribution in [0.25, 0.3) is 45.0 Å². The molecule has 0 saturated heterocycles. The van der Waals surface area contributed by atoms with Crippen LogP contribution in [0.5, 0.6) is 11.5 Å². The van der Waals surface area contributed by atoms with E-state index in [-0.39, 0.29) is 36.2 Å². The van der Waals surface area contributed by atoms with Crippen molar-refractivity contribution >= 4 is 0 Å². The first-order valence-corrected chi connectivity index (χ1v) is 18.7. The molecule has 0 bridgehead atoms. The van der Waals surface area contributed by atoms with Gasteiger partial charge in [0.05, 0.1) is 33.9 Å². The third kappa shape index (κ3) is 10.7. The number of ether oxygens (including phenoxy) is 2. The first kappa shape index (κ1) is 44.1. The molecule has 13 heteroatoms. The van der Waals surface area contributed by atoms with Gasteiger partial charge in [0.1, 0.15) is 11.5 Å². The van der Waals surface area contributed by atoms with Crippen molar-refractivity contribution in [3.63, 3.8) is 0 Å². The van der Waals surface area contributed by atoms with E-state index in [2.05, 4.69) is 74.4 Å². The van der Waals surface area contributed by atoms with E-state index in [0.29, 0.717) is 18.9 Å². The molecule has 294 valence electrons. The molecule has 2 aromatic heterocycles. The normalized spacial score (nSPS) is 10.3. The zero-order valence-corrected chi connectivity index (χ0v) is 35.9. The van der Waals surface area contributed by atoms with Gasteiger partial charge >= 0.3 is 29.6 Å². The number of tetrazole rings is 2. The van der Waals surface area contributed by atoms with E-state index in [1.807, 2.05) is 114 Å². The van der Waals surface area contributed by atoms with Crippen molar-refractivity contribution < 1.29 is 49.2 Å². The second-order valence-corrected chi connectivity index (χ2v) is 12.9. The molecule has 0 aliphatic rings. The average molecular weight is 797 g/mol. The number of aromatic nitrogens is 8. The third-order valence-electron chi connectivity index (χ3n) is 9.55. The molecule has 8 rings (SSSR count). The Kier molecular flexibility index (Phi) is 16.6. The monoisotopic (exact) mass is 796 g/mol. The number of hydrogen-bond acceptors (Lipinski definition) is 10. The van der Waals surface area contributed by atoms with Gasteiger partial charge in [-0.3, -0.25) is 0 Å². The number of aliphatic hydroxyl groups is 1. The van der Waals surface area contributed by atoms with E-state index >= 15 is 0 Å². The fraction of sp³-hybridized carbons (Fsp3) is 0.174. The van der Waals surface area contributed by atoms with Crippen molar-refractivity contribution in [2.75, 3.05) is 21.3 Å². The largest absolute Gasteiger partial charge is 1.00 e. The van der Waals surface area contributed by atoms with Gasteiger partial charge in [-0.05, 0) is 72.8 Å². The molecule has 0 radical (unpaired) electrons. The summed E-state index contributed by atoms with van der Waals surface area (Å²) in [5.41, 5.74) is 10.5. The molecule has 6 aromatic carbocycles. The van der Waals surface area contributed by atoms with E-state index in [1.54, 1.807) is 18.9 Å². The number of rotatable bonds is 12. The second-order valence-electron chi connectivity index (χ2n) is 12.9. The smallest absolute Gasteiger partial charge is 0.857 e. The van der Waals surface area contributed by atoms with Gasteiger partial charge in [0.2, 0.25) is 0 Å². The molecular formula is C46H45N8NaO4. The van der Waals surface area contributed by atoms with Crippen LogP contribution in [0.2, 0.25) is 0 Å². The van der Waals surface area contributed by atoms with Gasteiger partial charge in [-0.1, -0.05) is 140 Å². The maximum Gasteiger partial charge on any atom is 1.00 e. The summed E-state index contributed by atoms with van der Waals surface area (Å²) in [5.74, 6) is 3.05. The SMILES string of the molecule is CCc1ccc(-c2ccccc2-c2nnnn2Cc2ccccc2OC)cc1.COc1ccccc1Cn1nnnc1-c1ccccc1-c1ccc(CO)cc1.C[O-].[Na+]. The zero-order valence-electron chi connectivity index (χ0n) is 33.9. The Labute approximate surface area is 366 Å². The molecule has 1 N–H and O–H groups in total. The molecule has 0 amide bonds. The molecular weight excluding hydrogens is 752 g/mol. The van der Waals surface area contributed by atoms with Crippen LogP contribution < -0.4 is 44.1 Å². The van der Waals surface area contributed by atoms with Crippen LogP contribution >= 0.6 is 0 Å². The molecule has 8 aromatic rings. The van der Waals surface area contributed by atoms with Crippen LogP contribution in [0.15, 0.2) is 146 Å². The molecule has 0 unspecified atom stereocenters. The summed E-state index contributed by atoms with van der Waals surface area (Å²) in [5, 5.41) is 42.4. The van der Waals surface area contributed by atoms with Gasteiger partial charge in [0.15, 0.2) is 11.6 Å². The van der Waals surface area contributed by atoms with E-state index in [0.717, 1.165) is 80.9 Å². The van der Waals surface area contributed by atoms with E-state index in [1.165, 1.54) is 5.56 Å². The van der Waals surface area contributed by atoms with Crippen molar-refractivity contribution in [1.29, 1.82) is 0 Å². The fourth-order valence-electron chi connectivity index (χ4n) is 6.57. The number of aryl methyl sites for hydroxylation is 1. The quantitative estimate of drug-likeness (QED) is 0.179. The third-order valence-corrected chi connectivity index (χ3v) is 9.55. The van der Waals surface area contributed by atoms with Crippen LogP contribution in [0.4, 0.5) is 0 Å². The Balaban J connectivity index is 0.000000212. The zero-order chi connectivity index (χ0) is 40.7. The van der Waals surface area contributed by atoms with Gasteiger partial charge in [0, 0.05) is 22.3 Å². The number of hydrogen-bond donors (Lipinski definition) is 1. The number of methoxy groups -OCH3 is 2. The standard InChI is InChI=1S/C23H22N4O.C22H20N4O2.CH3O.Na/c1-3-17-12-14-18(15-13-17)20-9-5-6-10-21(20)23-24-25-26-27(23)16-19-8-4-7-11-22(19)28-2;1-28-21-9-5-2-6-18(21)14-26-22(23-24-25-26)20-8-4-3-7-19(20)17-12-10-16(15-27)11-13-17;1-2;/h4-15H,3,16H2,1-2H3;2-13,27H,14-15H2,1H3;1H3;/q;;-1;+1. The van der Waals surface area contributed by atoms with Gasteiger partial charge in [-0.2, -0.15) is 7.11 Å². The molecule has 0 fully saturated rings. The molecule has 0 saturated carbocycles. The summed E-state index contributed by atoms with van der Waals surface area (Å²) in [4.78, 5) is 0. The van der Waals surface area contributed by atoms with Crippen LogP contribution in [-0.4, -0.2) is 66.9 Å². The fourth-order valence-corrected chi connectivity index (χ4v) is 6.57. The molecule has 0 aliphatic carbocycles. The van der Waals surface area contributed by atoms with Crippen LogP contribution in [0, 0.1) is 0 Å². The Morgan fingerprint density at radius 3 is 1.27 bits per heavy atom. The van der Waals surface area contributed by atoms with Crippen molar-refractivity contribution in [3.8, 4) is 56.5 Å². The molecule has 0 spiro atoms. The summed E-state index contributed by atoms with van der Waals surface area (Å²) in [6, 6.07) is 48.5. The topological polar surface area (TPSA) is 149 Å². The molecule has 0 atom stereocenters. The van der Waals surface area contributed by atoms with Crippen molar-refractivity contribution in [1.82, 2.24) is 40.4 Å². The van der Waals surface area contributed by atoms with Crippen LogP contribution in [-0.2, 0) is 26.1 Å². The maximum absolute atomic E-state index is 9.28. The number of nitrogens with zero attached hydrogens (tertiary/aromatic N) is 8. The second kappa shape index (κ2) is 22.2. The Morgan fingerprint density at radius 1 is 0.508 bits per heavy atom. The molecule has 0 aliphatic heterocycles. The first-order valence-electron chi connectivity index (χ1n) is 18.7. The van der Waals surface area contributed by atoms with E-state index in [4.69, 9.17) is 14.6 Å². The van der Waals surface area contributed by atoms with Gasteiger partial charge in [-0.25, -0.2) is 9.36 Å². The van der Waals surface area contributed by atoms with Crippen LogP contribution in [0.3, 0.4) is 0 Å².